The lowest BCUT2D eigenvalue weighted by atomic mass is 9.57. The van der Waals surface area contributed by atoms with Gasteiger partial charge in [-0.25, -0.2) is 0 Å². The highest BCUT2D eigenvalue weighted by atomic mass is 16.5. The molecule has 5 heterocycles. The van der Waals surface area contributed by atoms with Gasteiger partial charge in [-0.1, -0.05) is 13.8 Å². The molecule has 0 N–H and O–H groups in total. The van der Waals surface area contributed by atoms with E-state index < -0.39 is 0 Å². The third-order valence-corrected chi connectivity index (χ3v) is 6.65. The summed E-state index contributed by atoms with van der Waals surface area (Å²) >= 11 is 0. The minimum Gasteiger partial charge on any atom is -0.375 e. The van der Waals surface area contributed by atoms with Gasteiger partial charge < -0.3 is 4.74 Å². The Morgan fingerprint density at radius 2 is 1.71 bits per heavy atom. The van der Waals surface area contributed by atoms with Crippen molar-refractivity contribution in [2.75, 3.05) is 32.8 Å². The molecule has 0 saturated carbocycles. The molecule has 118 valence electrons. The molecule has 2 atom stereocenters. The third-order valence-electron chi connectivity index (χ3n) is 6.65. The van der Waals surface area contributed by atoms with Gasteiger partial charge in [-0.05, 0) is 20.3 Å². The number of Topliss-reactive ketones (excluding diaryl/α,β-unsaturated/α-hetero) is 1. The van der Waals surface area contributed by atoms with Crippen molar-refractivity contribution in [2.24, 2.45) is 10.8 Å². The number of rotatable bonds is 1. The lowest BCUT2D eigenvalue weighted by molar-refractivity contribution is -0.267. The largest absolute Gasteiger partial charge is 0.375 e. The Bertz CT molecular complexity index is 483. The van der Waals surface area contributed by atoms with Crippen molar-refractivity contribution in [3.63, 3.8) is 0 Å². The molecule has 5 aliphatic rings. The molecule has 0 aromatic rings. The number of ketones is 1. The Balaban J connectivity index is 1.76. The van der Waals surface area contributed by atoms with Crippen LogP contribution < -0.4 is 0 Å². The predicted molar refractivity (Wildman–Crippen MR) is 81.0 cm³/mol. The number of ether oxygens (including phenoxy) is 1. The summed E-state index contributed by atoms with van der Waals surface area (Å²) < 4.78 is 5.97. The minimum absolute atomic E-state index is 0.0576. The van der Waals surface area contributed by atoms with Crippen molar-refractivity contribution in [1.82, 2.24) is 9.80 Å². The molecule has 2 unspecified atom stereocenters. The standard InChI is InChI=1S/C17H28N2O2/c1-5-16-11-18-9-15(4,13(16)20)10-19(12-16)17(18)6-7-21-14(2,3)8-17/h5-12H2,1-4H3. The first-order valence-corrected chi connectivity index (χ1v) is 8.44. The molecule has 1 spiro atoms. The fraction of sp³-hybridized carbons (Fsp3) is 0.941. The van der Waals surface area contributed by atoms with E-state index in [0.29, 0.717) is 5.78 Å². The van der Waals surface area contributed by atoms with Crippen molar-refractivity contribution in [1.29, 1.82) is 0 Å². The first-order valence-electron chi connectivity index (χ1n) is 8.44. The quantitative estimate of drug-likeness (QED) is 0.739. The molecule has 4 heteroatoms. The van der Waals surface area contributed by atoms with Crippen LogP contribution in [0.2, 0.25) is 0 Å². The van der Waals surface area contributed by atoms with Crippen LogP contribution >= 0.6 is 0 Å². The van der Waals surface area contributed by atoms with Gasteiger partial charge in [0, 0.05) is 39.0 Å². The average Bonchev–Trinajstić information content (AvgIpc) is 2.38. The van der Waals surface area contributed by atoms with Gasteiger partial charge in [0.05, 0.1) is 28.7 Å². The van der Waals surface area contributed by atoms with Crippen LogP contribution in [0.15, 0.2) is 0 Å². The highest BCUT2D eigenvalue weighted by Crippen LogP contribution is 2.56. The maximum absolute atomic E-state index is 13.0. The van der Waals surface area contributed by atoms with E-state index in [4.69, 9.17) is 4.74 Å². The van der Waals surface area contributed by atoms with E-state index in [-0.39, 0.29) is 22.1 Å². The fourth-order valence-corrected chi connectivity index (χ4v) is 5.74. The molecule has 21 heavy (non-hydrogen) atoms. The predicted octanol–water partition coefficient (Wildman–Crippen LogP) is 1.89. The van der Waals surface area contributed by atoms with Crippen molar-refractivity contribution >= 4 is 5.78 Å². The van der Waals surface area contributed by atoms with E-state index in [1.54, 1.807) is 0 Å². The molecule has 0 aliphatic carbocycles. The Morgan fingerprint density at radius 3 is 2.24 bits per heavy atom. The van der Waals surface area contributed by atoms with Crippen molar-refractivity contribution in [2.45, 2.75) is 58.2 Å². The van der Waals surface area contributed by atoms with Crippen molar-refractivity contribution < 1.29 is 9.53 Å². The normalized spacial score (nSPS) is 54.4. The molecule has 0 amide bonds. The van der Waals surface area contributed by atoms with Crippen LogP contribution in [0, 0.1) is 10.8 Å². The summed E-state index contributed by atoms with van der Waals surface area (Å²) in [4.78, 5) is 18.3. The van der Waals surface area contributed by atoms with Gasteiger partial charge in [-0.2, -0.15) is 0 Å². The number of carbonyl (C=O) groups is 1. The molecule has 5 rings (SSSR count). The van der Waals surface area contributed by atoms with Gasteiger partial charge in [0.1, 0.15) is 5.78 Å². The van der Waals surface area contributed by atoms with Crippen molar-refractivity contribution in [3.8, 4) is 0 Å². The van der Waals surface area contributed by atoms with E-state index in [2.05, 4.69) is 37.5 Å². The van der Waals surface area contributed by atoms with Gasteiger partial charge in [0.2, 0.25) is 0 Å². The number of hydrogen-bond donors (Lipinski definition) is 0. The summed E-state index contributed by atoms with van der Waals surface area (Å²) in [6, 6.07) is 0. The highest BCUT2D eigenvalue weighted by molar-refractivity contribution is 5.93. The average molecular weight is 292 g/mol. The molecule has 4 bridgehead atoms. The Morgan fingerprint density at radius 1 is 1.10 bits per heavy atom. The monoisotopic (exact) mass is 292 g/mol. The molecule has 4 nitrogen and oxygen atoms in total. The van der Waals surface area contributed by atoms with Gasteiger partial charge in [0.25, 0.3) is 0 Å². The zero-order chi connectivity index (χ0) is 15.1. The maximum Gasteiger partial charge on any atom is 0.150 e. The smallest absolute Gasteiger partial charge is 0.150 e. The molecule has 0 aromatic heterocycles. The molecule has 0 aromatic carbocycles. The van der Waals surface area contributed by atoms with E-state index in [9.17, 15) is 4.79 Å². The number of nitrogens with zero attached hydrogens (tertiary/aromatic N) is 2. The van der Waals surface area contributed by atoms with Crippen LogP contribution in [0.4, 0.5) is 0 Å². The molecule has 5 saturated heterocycles. The lowest BCUT2D eigenvalue weighted by Crippen LogP contribution is -2.84. The van der Waals surface area contributed by atoms with Crippen molar-refractivity contribution in [3.05, 3.63) is 0 Å². The van der Waals surface area contributed by atoms with E-state index in [1.807, 2.05) is 0 Å². The fourth-order valence-electron chi connectivity index (χ4n) is 5.74. The molecule has 5 fully saturated rings. The summed E-state index contributed by atoms with van der Waals surface area (Å²) in [6.45, 7) is 13.5. The number of carbonyl (C=O) groups excluding carboxylic acids is 1. The summed E-state index contributed by atoms with van der Waals surface area (Å²) in [7, 11) is 0. The van der Waals surface area contributed by atoms with E-state index in [1.165, 1.54) is 0 Å². The Kier molecular flexibility index (Phi) is 2.63. The Hall–Kier alpha value is -0.450. The second-order valence-corrected chi connectivity index (χ2v) is 8.75. The van der Waals surface area contributed by atoms with E-state index in [0.717, 1.165) is 52.0 Å². The van der Waals surface area contributed by atoms with Gasteiger partial charge in [-0.15, -0.1) is 0 Å². The minimum atomic E-state index is -0.153. The summed E-state index contributed by atoms with van der Waals surface area (Å²) in [5.74, 6) is 0.533. The zero-order valence-corrected chi connectivity index (χ0v) is 13.9. The van der Waals surface area contributed by atoms with Crippen LogP contribution in [0.5, 0.6) is 0 Å². The number of hydrogen-bond acceptors (Lipinski definition) is 4. The summed E-state index contributed by atoms with van der Waals surface area (Å²) in [5.41, 5.74) is -0.183. The Labute approximate surface area is 127 Å². The maximum atomic E-state index is 13.0. The van der Waals surface area contributed by atoms with E-state index >= 15 is 0 Å². The second-order valence-electron chi connectivity index (χ2n) is 8.75. The number of piperidine rings is 2. The second kappa shape index (κ2) is 3.90. The van der Waals surface area contributed by atoms with Gasteiger partial charge in [0.15, 0.2) is 0 Å². The SMILES string of the molecule is CCC12CN3CC(C)(CN(C1)C31CCOC(C)(C)C1)C2=O. The summed E-state index contributed by atoms with van der Waals surface area (Å²) in [5, 5.41) is 0. The van der Waals surface area contributed by atoms with Crippen LogP contribution in [0.25, 0.3) is 0 Å². The molecule has 0 radical (unpaired) electrons. The summed E-state index contributed by atoms with van der Waals surface area (Å²) in [6.07, 6.45) is 3.12. The van der Waals surface area contributed by atoms with Gasteiger partial charge in [-0.3, -0.25) is 14.6 Å². The molecule has 5 aliphatic heterocycles. The molecular formula is C17H28N2O2. The topological polar surface area (TPSA) is 32.8 Å². The van der Waals surface area contributed by atoms with Crippen LogP contribution in [-0.2, 0) is 9.53 Å². The van der Waals surface area contributed by atoms with Gasteiger partial charge >= 0.3 is 0 Å². The van der Waals surface area contributed by atoms with Crippen LogP contribution in [0.1, 0.15) is 47.0 Å². The first-order chi connectivity index (χ1) is 9.75. The lowest BCUT2D eigenvalue weighted by Gasteiger charge is -2.72. The zero-order valence-electron chi connectivity index (χ0n) is 13.9. The third kappa shape index (κ3) is 1.64. The first kappa shape index (κ1) is 14.2. The highest BCUT2D eigenvalue weighted by Gasteiger charge is 2.68. The van der Waals surface area contributed by atoms with Crippen LogP contribution in [-0.4, -0.2) is 59.6 Å². The van der Waals surface area contributed by atoms with Crippen LogP contribution in [0.3, 0.4) is 0 Å². The molecular weight excluding hydrogens is 264 g/mol.